The molecule has 0 atom stereocenters. The number of ether oxygens (including phenoxy) is 1. The number of amides is 1. The van der Waals surface area contributed by atoms with Crippen molar-refractivity contribution in [2.45, 2.75) is 17.9 Å². The number of sulfonamides is 1. The minimum absolute atomic E-state index is 0.00837. The first-order chi connectivity index (χ1) is 12.4. The highest BCUT2D eigenvalue weighted by atomic mass is 32.2. The van der Waals surface area contributed by atoms with Gasteiger partial charge in [-0.05, 0) is 48.4 Å². The fraction of sp³-hybridized carbons (Fsp3) is 0.278. The van der Waals surface area contributed by atoms with E-state index in [0.29, 0.717) is 24.3 Å². The lowest BCUT2D eigenvalue weighted by atomic mass is 10.1. The van der Waals surface area contributed by atoms with Gasteiger partial charge in [0, 0.05) is 32.4 Å². The summed E-state index contributed by atoms with van der Waals surface area (Å²) in [4.78, 5) is 11.9. The van der Waals surface area contributed by atoms with Gasteiger partial charge in [0.1, 0.15) is 5.82 Å². The first-order valence-electron chi connectivity index (χ1n) is 8.04. The Balaban J connectivity index is 1.90. The molecule has 0 bridgehead atoms. The van der Waals surface area contributed by atoms with Crippen molar-refractivity contribution in [3.05, 3.63) is 65.5 Å². The van der Waals surface area contributed by atoms with Crippen LogP contribution in [0.25, 0.3) is 0 Å². The summed E-state index contributed by atoms with van der Waals surface area (Å²) >= 11 is 0. The molecule has 6 nitrogen and oxygen atoms in total. The number of carbonyl (C=O) groups excluding carboxylic acids is 1. The van der Waals surface area contributed by atoms with Crippen LogP contribution in [-0.2, 0) is 21.3 Å². The van der Waals surface area contributed by atoms with E-state index in [1.807, 2.05) is 0 Å². The Kier molecular flexibility index (Phi) is 7.26. The first kappa shape index (κ1) is 20.0. The lowest BCUT2D eigenvalue weighted by Gasteiger charge is -2.08. The van der Waals surface area contributed by atoms with Crippen LogP contribution >= 0.6 is 0 Å². The summed E-state index contributed by atoms with van der Waals surface area (Å²) in [6.07, 6.45) is 0.728. The lowest BCUT2D eigenvalue weighted by molar-refractivity contribution is 0.0948. The van der Waals surface area contributed by atoms with Gasteiger partial charge in [-0.15, -0.1) is 0 Å². The van der Waals surface area contributed by atoms with Crippen LogP contribution in [0.4, 0.5) is 4.39 Å². The predicted molar refractivity (Wildman–Crippen MR) is 95.7 cm³/mol. The Hall–Kier alpha value is -2.29. The summed E-state index contributed by atoms with van der Waals surface area (Å²) in [6, 6.07) is 11.2. The summed E-state index contributed by atoms with van der Waals surface area (Å²) in [5.74, 6) is -0.695. The van der Waals surface area contributed by atoms with Crippen LogP contribution in [0.5, 0.6) is 0 Å². The normalized spacial score (nSPS) is 11.3. The Morgan fingerprint density at radius 3 is 2.35 bits per heavy atom. The van der Waals surface area contributed by atoms with Crippen LogP contribution in [0.2, 0.25) is 0 Å². The second kappa shape index (κ2) is 9.42. The minimum Gasteiger partial charge on any atom is -0.385 e. The van der Waals surface area contributed by atoms with Crippen molar-refractivity contribution in [1.82, 2.24) is 10.0 Å². The van der Waals surface area contributed by atoms with E-state index in [2.05, 4.69) is 10.0 Å². The van der Waals surface area contributed by atoms with Crippen LogP contribution in [0.1, 0.15) is 22.3 Å². The largest absolute Gasteiger partial charge is 0.385 e. The summed E-state index contributed by atoms with van der Waals surface area (Å²) in [7, 11) is -2.12. The van der Waals surface area contributed by atoms with E-state index in [1.54, 1.807) is 31.4 Å². The molecule has 0 aliphatic rings. The Labute approximate surface area is 152 Å². The van der Waals surface area contributed by atoms with Crippen LogP contribution < -0.4 is 10.0 Å². The molecule has 2 aromatic carbocycles. The van der Waals surface area contributed by atoms with Gasteiger partial charge in [0.2, 0.25) is 10.0 Å². The number of nitrogens with one attached hydrogen (secondary N) is 2. The molecular weight excluding hydrogens is 359 g/mol. The molecule has 26 heavy (non-hydrogen) atoms. The van der Waals surface area contributed by atoms with Gasteiger partial charge in [0.25, 0.3) is 5.91 Å². The summed E-state index contributed by atoms with van der Waals surface area (Å²) in [5.41, 5.74) is 1.19. The van der Waals surface area contributed by atoms with E-state index in [0.717, 1.165) is 18.6 Å². The number of carbonyl (C=O) groups is 1. The molecule has 0 aliphatic carbocycles. The standard InChI is InChI=1S/C18H21FN2O4S/c1-25-12-2-11-20-18(22)15-5-3-14(4-6-15)13-21-26(23,24)17-9-7-16(19)8-10-17/h3-10,21H,2,11-13H2,1H3,(H,20,22). The van der Waals surface area contributed by atoms with Gasteiger partial charge in [0.05, 0.1) is 4.90 Å². The summed E-state index contributed by atoms with van der Waals surface area (Å²) in [6.45, 7) is 1.16. The van der Waals surface area contributed by atoms with E-state index >= 15 is 0 Å². The van der Waals surface area contributed by atoms with Gasteiger partial charge < -0.3 is 10.1 Å². The average Bonchev–Trinajstić information content (AvgIpc) is 2.64. The Morgan fingerprint density at radius 1 is 1.08 bits per heavy atom. The van der Waals surface area contributed by atoms with Crippen molar-refractivity contribution in [3.8, 4) is 0 Å². The average molecular weight is 380 g/mol. The molecule has 2 rings (SSSR count). The maximum absolute atomic E-state index is 12.9. The molecule has 0 heterocycles. The molecule has 2 aromatic rings. The maximum Gasteiger partial charge on any atom is 0.251 e. The van der Waals surface area contributed by atoms with Crippen molar-refractivity contribution in [2.75, 3.05) is 20.3 Å². The molecule has 0 unspecified atom stereocenters. The molecule has 0 saturated heterocycles. The Bertz CT molecular complexity index is 821. The minimum atomic E-state index is -3.73. The number of hydrogen-bond acceptors (Lipinski definition) is 4. The number of methoxy groups -OCH3 is 1. The third-order valence-corrected chi connectivity index (χ3v) is 5.03. The zero-order chi connectivity index (χ0) is 19.0. The van der Waals surface area contributed by atoms with E-state index < -0.39 is 15.8 Å². The summed E-state index contributed by atoms with van der Waals surface area (Å²) in [5, 5.41) is 2.77. The molecule has 0 fully saturated rings. The molecule has 140 valence electrons. The molecule has 1 amide bonds. The van der Waals surface area contributed by atoms with Crippen molar-refractivity contribution in [3.63, 3.8) is 0 Å². The number of hydrogen-bond donors (Lipinski definition) is 2. The fourth-order valence-corrected chi connectivity index (χ4v) is 3.19. The molecule has 0 aromatic heterocycles. The Morgan fingerprint density at radius 2 is 1.73 bits per heavy atom. The highest BCUT2D eigenvalue weighted by molar-refractivity contribution is 7.89. The number of rotatable bonds is 9. The van der Waals surface area contributed by atoms with Gasteiger partial charge in [-0.3, -0.25) is 4.79 Å². The van der Waals surface area contributed by atoms with Crippen LogP contribution in [0.3, 0.4) is 0 Å². The van der Waals surface area contributed by atoms with Gasteiger partial charge >= 0.3 is 0 Å². The van der Waals surface area contributed by atoms with Gasteiger partial charge in [-0.25, -0.2) is 17.5 Å². The summed E-state index contributed by atoms with van der Waals surface area (Å²) < 4.78 is 44.6. The van der Waals surface area contributed by atoms with Crippen LogP contribution in [0, 0.1) is 5.82 Å². The zero-order valence-corrected chi connectivity index (χ0v) is 15.2. The molecule has 2 N–H and O–H groups in total. The first-order valence-corrected chi connectivity index (χ1v) is 9.52. The number of benzene rings is 2. The van der Waals surface area contributed by atoms with Gasteiger partial charge in [-0.2, -0.15) is 0 Å². The second-order valence-corrected chi connectivity index (χ2v) is 7.34. The van der Waals surface area contributed by atoms with E-state index in [9.17, 15) is 17.6 Å². The third-order valence-electron chi connectivity index (χ3n) is 3.62. The third kappa shape index (κ3) is 5.91. The molecule has 0 aliphatic heterocycles. The highest BCUT2D eigenvalue weighted by Gasteiger charge is 2.13. The molecule has 0 radical (unpaired) electrons. The van der Waals surface area contributed by atoms with Crippen molar-refractivity contribution in [2.24, 2.45) is 0 Å². The molecule has 0 saturated carbocycles. The van der Waals surface area contributed by atoms with E-state index in [4.69, 9.17) is 4.74 Å². The van der Waals surface area contributed by atoms with Crippen molar-refractivity contribution in [1.29, 1.82) is 0 Å². The van der Waals surface area contributed by atoms with Crippen molar-refractivity contribution < 1.29 is 22.3 Å². The highest BCUT2D eigenvalue weighted by Crippen LogP contribution is 2.11. The molecule has 0 spiro atoms. The van der Waals surface area contributed by atoms with E-state index in [1.165, 1.54) is 12.1 Å². The van der Waals surface area contributed by atoms with Crippen LogP contribution in [0.15, 0.2) is 53.4 Å². The fourth-order valence-electron chi connectivity index (χ4n) is 2.17. The smallest absolute Gasteiger partial charge is 0.251 e. The monoisotopic (exact) mass is 380 g/mol. The molecule has 8 heteroatoms. The SMILES string of the molecule is COCCCNC(=O)c1ccc(CNS(=O)(=O)c2ccc(F)cc2)cc1. The van der Waals surface area contributed by atoms with E-state index in [-0.39, 0.29) is 17.3 Å². The maximum atomic E-state index is 12.9. The zero-order valence-electron chi connectivity index (χ0n) is 14.4. The number of halogens is 1. The quantitative estimate of drug-likeness (QED) is 0.653. The lowest BCUT2D eigenvalue weighted by Crippen LogP contribution is -2.25. The van der Waals surface area contributed by atoms with Crippen LogP contribution in [-0.4, -0.2) is 34.6 Å². The van der Waals surface area contributed by atoms with Crippen molar-refractivity contribution >= 4 is 15.9 Å². The molecular formula is C18H21FN2O4S. The second-order valence-electron chi connectivity index (χ2n) is 5.58. The topological polar surface area (TPSA) is 84.5 Å². The van der Waals surface area contributed by atoms with Gasteiger partial charge in [-0.1, -0.05) is 12.1 Å². The van der Waals surface area contributed by atoms with Gasteiger partial charge in [0.15, 0.2) is 0 Å². The predicted octanol–water partition coefficient (Wildman–Crippen LogP) is 2.07.